The minimum atomic E-state index is 0.0130. The van der Waals surface area contributed by atoms with Crippen molar-refractivity contribution in [3.8, 4) is 5.75 Å². The van der Waals surface area contributed by atoms with Gasteiger partial charge in [0.1, 0.15) is 5.75 Å². The molecule has 0 aliphatic carbocycles. The van der Waals surface area contributed by atoms with Crippen molar-refractivity contribution >= 4 is 37.3 Å². The first kappa shape index (κ1) is 9.24. The van der Waals surface area contributed by atoms with Gasteiger partial charge in [0.15, 0.2) is 0 Å². The molecule has 13 heavy (non-hydrogen) atoms. The van der Waals surface area contributed by atoms with E-state index in [-0.39, 0.29) is 9.45 Å². The van der Waals surface area contributed by atoms with Gasteiger partial charge in [0.2, 0.25) is 0 Å². The average Bonchev–Trinajstić information content (AvgIpc) is 2.53. The normalized spacial score (nSPS) is 21.5. The van der Waals surface area contributed by atoms with Crippen molar-refractivity contribution in [1.29, 1.82) is 0 Å². The fourth-order valence-electron chi connectivity index (χ4n) is 1.09. The molecule has 0 radical (unpaired) electrons. The zero-order chi connectivity index (χ0) is 9.26. The van der Waals surface area contributed by atoms with Crippen molar-refractivity contribution in [2.75, 3.05) is 5.08 Å². The van der Waals surface area contributed by atoms with E-state index in [2.05, 4.69) is 5.41 Å². The van der Waals surface area contributed by atoms with Gasteiger partial charge in [-0.1, -0.05) is 21.6 Å². The predicted octanol–water partition coefficient (Wildman–Crippen LogP) is 2.48. The second-order valence-corrected chi connectivity index (χ2v) is 6.62. The van der Waals surface area contributed by atoms with Crippen molar-refractivity contribution in [2.24, 2.45) is 0 Å². The standard InChI is InChI=1S/C9H8OS3/c10-8-3-1-7(2-4-8)9-5-13(11)6-12-9/h1-5,10H,6H2. The predicted molar refractivity (Wildman–Crippen MR) is 63.3 cm³/mol. The number of thioether (sulfide) groups is 1. The number of rotatable bonds is 1. The van der Waals surface area contributed by atoms with E-state index in [1.165, 1.54) is 4.91 Å². The Morgan fingerprint density at radius 2 is 2.00 bits per heavy atom. The molecule has 1 heterocycles. The van der Waals surface area contributed by atoms with Gasteiger partial charge >= 0.3 is 0 Å². The molecule has 1 aliphatic heterocycles. The highest BCUT2D eigenvalue weighted by Gasteiger charge is 2.10. The highest BCUT2D eigenvalue weighted by molar-refractivity contribution is 8.38. The Labute approximate surface area is 88.4 Å². The zero-order valence-electron chi connectivity index (χ0n) is 6.77. The minimum Gasteiger partial charge on any atom is -0.508 e. The monoisotopic (exact) mass is 228 g/mol. The number of hydrogen-bond acceptors (Lipinski definition) is 3. The lowest BCUT2D eigenvalue weighted by atomic mass is 10.2. The van der Waals surface area contributed by atoms with Crippen LogP contribution in [0.25, 0.3) is 4.91 Å². The largest absolute Gasteiger partial charge is 0.508 e. The first-order chi connectivity index (χ1) is 6.25. The molecular weight excluding hydrogens is 220 g/mol. The van der Waals surface area contributed by atoms with Gasteiger partial charge in [0.05, 0.1) is 5.08 Å². The third-order valence-electron chi connectivity index (χ3n) is 1.72. The molecule has 1 aromatic rings. The van der Waals surface area contributed by atoms with Gasteiger partial charge in [-0.15, -0.1) is 11.8 Å². The third kappa shape index (κ3) is 2.13. The summed E-state index contributed by atoms with van der Waals surface area (Å²) in [6, 6.07) is 7.26. The van der Waals surface area contributed by atoms with E-state index in [9.17, 15) is 0 Å². The topological polar surface area (TPSA) is 20.2 Å². The molecule has 0 spiro atoms. The molecule has 0 fully saturated rings. The van der Waals surface area contributed by atoms with Crippen molar-refractivity contribution in [1.82, 2.24) is 0 Å². The second kappa shape index (κ2) is 3.82. The number of phenolic OH excluding ortho intramolecular Hbond substituents is 1. The molecule has 1 N–H and O–H groups in total. The van der Waals surface area contributed by atoms with Crippen LogP contribution < -0.4 is 0 Å². The van der Waals surface area contributed by atoms with E-state index in [4.69, 9.17) is 16.3 Å². The number of hydrogen-bond donors (Lipinski definition) is 1. The first-order valence-electron chi connectivity index (χ1n) is 3.77. The van der Waals surface area contributed by atoms with Crippen molar-refractivity contribution in [3.63, 3.8) is 0 Å². The van der Waals surface area contributed by atoms with Gasteiger partial charge < -0.3 is 5.11 Å². The summed E-state index contributed by atoms with van der Waals surface area (Å²) >= 11 is 6.98. The van der Waals surface area contributed by atoms with Crippen LogP contribution in [0.1, 0.15) is 5.56 Å². The van der Waals surface area contributed by atoms with Crippen molar-refractivity contribution in [3.05, 3.63) is 35.2 Å². The van der Waals surface area contributed by atoms with E-state index < -0.39 is 0 Å². The molecule has 1 unspecified atom stereocenters. The second-order valence-electron chi connectivity index (χ2n) is 2.67. The van der Waals surface area contributed by atoms with Crippen LogP contribution in [0.5, 0.6) is 5.75 Å². The summed E-state index contributed by atoms with van der Waals surface area (Å²) in [4.78, 5) is 1.25. The SMILES string of the molecule is Oc1ccc(C2=CS(=S)CS2)cc1. The summed E-state index contributed by atoms with van der Waals surface area (Å²) in [6.07, 6.45) is 0. The van der Waals surface area contributed by atoms with Gasteiger partial charge in [-0.05, 0) is 34.3 Å². The molecule has 0 bridgehead atoms. The number of aromatic hydroxyl groups is 1. The van der Waals surface area contributed by atoms with Crippen LogP contribution in [-0.2, 0) is 20.6 Å². The number of phenols is 1. The van der Waals surface area contributed by atoms with E-state index in [1.54, 1.807) is 23.9 Å². The van der Waals surface area contributed by atoms with Gasteiger partial charge in [-0.3, -0.25) is 0 Å². The molecule has 0 saturated carbocycles. The maximum atomic E-state index is 9.11. The summed E-state index contributed by atoms with van der Waals surface area (Å²) in [6.45, 7) is 0. The maximum Gasteiger partial charge on any atom is 0.115 e. The molecule has 0 amide bonds. The Hall–Kier alpha value is -0.320. The number of benzene rings is 1. The van der Waals surface area contributed by atoms with E-state index >= 15 is 0 Å². The first-order valence-corrected chi connectivity index (χ1v) is 7.14. The van der Waals surface area contributed by atoms with E-state index in [1.807, 2.05) is 12.1 Å². The Kier molecular flexibility index (Phi) is 2.71. The van der Waals surface area contributed by atoms with Crippen molar-refractivity contribution < 1.29 is 5.11 Å². The van der Waals surface area contributed by atoms with E-state index in [0.717, 1.165) is 10.6 Å². The molecule has 1 aromatic carbocycles. The zero-order valence-corrected chi connectivity index (χ0v) is 9.22. The fraction of sp³-hybridized carbons (Fsp3) is 0.111. The van der Waals surface area contributed by atoms with Crippen LogP contribution in [0.4, 0.5) is 0 Å². The van der Waals surface area contributed by atoms with Crippen LogP contribution >= 0.6 is 11.8 Å². The van der Waals surface area contributed by atoms with Gasteiger partial charge in [0.25, 0.3) is 0 Å². The lowest BCUT2D eigenvalue weighted by Gasteiger charge is -1.99. The molecule has 1 atom stereocenters. The molecule has 68 valence electrons. The quantitative estimate of drug-likeness (QED) is 0.797. The summed E-state index contributed by atoms with van der Waals surface area (Å²) in [5, 5.41) is 12.3. The molecule has 1 aliphatic rings. The van der Waals surface area contributed by atoms with Crippen LogP contribution in [0.2, 0.25) is 0 Å². The molecular formula is C9H8OS3. The Balaban J connectivity index is 2.31. The van der Waals surface area contributed by atoms with Crippen LogP contribution in [0.15, 0.2) is 29.7 Å². The van der Waals surface area contributed by atoms with Crippen LogP contribution in [0, 0.1) is 0 Å². The minimum absolute atomic E-state index is 0.0130. The van der Waals surface area contributed by atoms with Crippen LogP contribution in [-0.4, -0.2) is 10.2 Å². The van der Waals surface area contributed by atoms with Crippen molar-refractivity contribution in [2.45, 2.75) is 0 Å². The third-order valence-corrected chi connectivity index (χ3v) is 5.59. The average molecular weight is 228 g/mol. The molecule has 0 saturated heterocycles. The molecule has 4 heteroatoms. The maximum absolute atomic E-state index is 9.11. The van der Waals surface area contributed by atoms with Gasteiger partial charge in [-0.2, -0.15) is 0 Å². The fourth-order valence-corrected chi connectivity index (χ4v) is 4.53. The van der Waals surface area contributed by atoms with E-state index in [0.29, 0.717) is 5.75 Å². The van der Waals surface area contributed by atoms with Gasteiger partial charge in [0, 0.05) is 4.91 Å². The Bertz CT molecular complexity index is 367. The molecule has 1 nitrogen and oxygen atoms in total. The highest BCUT2D eigenvalue weighted by atomic mass is 32.8. The highest BCUT2D eigenvalue weighted by Crippen LogP contribution is 2.34. The smallest absolute Gasteiger partial charge is 0.115 e. The molecule has 0 aromatic heterocycles. The summed E-state index contributed by atoms with van der Waals surface area (Å²) in [5.74, 6) is 0.310. The summed E-state index contributed by atoms with van der Waals surface area (Å²) < 4.78 is 0. The lowest BCUT2D eigenvalue weighted by Crippen LogP contribution is -1.75. The van der Waals surface area contributed by atoms with Gasteiger partial charge in [-0.25, -0.2) is 0 Å². The van der Waals surface area contributed by atoms with Crippen LogP contribution in [0.3, 0.4) is 0 Å². The Morgan fingerprint density at radius 1 is 1.31 bits per heavy atom. The lowest BCUT2D eigenvalue weighted by molar-refractivity contribution is 0.475. The molecule has 2 rings (SSSR count). The Morgan fingerprint density at radius 3 is 2.54 bits per heavy atom. The summed E-state index contributed by atoms with van der Waals surface area (Å²) in [5.41, 5.74) is 1.16. The summed E-state index contributed by atoms with van der Waals surface area (Å²) in [7, 11) is 0.0130.